The standard InChI is InChI=1S/C25H28N2O4S/c1-5-6-13-26-15-18(3)24-21-12-9-19(25(28)31-4)14-22(21)27(23(24)16-26)32(29,30)20-10-7-17(2)8-11-20/h7-12,14H,3,5-6,13,15-16H2,1-2,4H3. The molecule has 0 saturated carbocycles. The molecular weight excluding hydrogens is 424 g/mol. The largest absolute Gasteiger partial charge is 0.465 e. The fraction of sp³-hybridized carbons (Fsp3) is 0.320. The van der Waals surface area contributed by atoms with Crippen LogP contribution in [0, 0.1) is 6.92 Å². The van der Waals surface area contributed by atoms with Crippen molar-refractivity contribution in [1.82, 2.24) is 8.87 Å². The van der Waals surface area contributed by atoms with Crippen molar-refractivity contribution in [3.05, 3.63) is 71.4 Å². The van der Waals surface area contributed by atoms with Gasteiger partial charge in [-0.15, -0.1) is 0 Å². The van der Waals surface area contributed by atoms with Crippen LogP contribution in [0.5, 0.6) is 0 Å². The Morgan fingerprint density at radius 2 is 1.84 bits per heavy atom. The molecule has 32 heavy (non-hydrogen) atoms. The quantitative estimate of drug-likeness (QED) is 0.511. The van der Waals surface area contributed by atoms with E-state index in [4.69, 9.17) is 4.74 Å². The molecule has 2 aromatic carbocycles. The normalized spacial score (nSPS) is 14.5. The van der Waals surface area contributed by atoms with Crippen LogP contribution in [-0.4, -0.2) is 43.5 Å². The number of carbonyl (C=O) groups is 1. The fourth-order valence-electron chi connectivity index (χ4n) is 4.34. The third-order valence-electron chi connectivity index (χ3n) is 5.97. The first-order chi connectivity index (χ1) is 15.3. The van der Waals surface area contributed by atoms with E-state index in [1.165, 1.54) is 11.1 Å². The molecule has 0 atom stereocenters. The second-order valence-electron chi connectivity index (χ2n) is 8.30. The summed E-state index contributed by atoms with van der Waals surface area (Å²) in [5, 5.41) is 0.781. The first kappa shape index (κ1) is 22.3. The zero-order valence-corrected chi connectivity index (χ0v) is 19.5. The van der Waals surface area contributed by atoms with Crippen molar-refractivity contribution in [3.63, 3.8) is 0 Å². The van der Waals surface area contributed by atoms with Gasteiger partial charge in [0.05, 0.1) is 28.8 Å². The molecule has 2 heterocycles. The number of esters is 1. The van der Waals surface area contributed by atoms with Gasteiger partial charge in [0.1, 0.15) is 0 Å². The highest BCUT2D eigenvalue weighted by Gasteiger charge is 2.32. The molecule has 3 aromatic rings. The second-order valence-corrected chi connectivity index (χ2v) is 10.1. The molecule has 1 aliphatic heterocycles. The number of aromatic nitrogens is 1. The van der Waals surface area contributed by atoms with Gasteiger partial charge in [-0.25, -0.2) is 17.2 Å². The average molecular weight is 453 g/mol. The second kappa shape index (κ2) is 8.56. The van der Waals surface area contributed by atoms with Crippen molar-refractivity contribution in [2.75, 3.05) is 20.2 Å². The monoisotopic (exact) mass is 452 g/mol. The third-order valence-corrected chi connectivity index (χ3v) is 7.73. The molecule has 0 aliphatic carbocycles. The van der Waals surface area contributed by atoms with Crippen LogP contribution in [0.15, 0.2) is 53.9 Å². The number of methoxy groups -OCH3 is 1. The Hall–Kier alpha value is -2.90. The van der Waals surface area contributed by atoms with Gasteiger partial charge in [0.25, 0.3) is 10.0 Å². The van der Waals surface area contributed by atoms with E-state index in [0.29, 0.717) is 29.9 Å². The van der Waals surface area contributed by atoms with E-state index in [1.54, 1.807) is 42.5 Å². The minimum atomic E-state index is -3.90. The number of benzene rings is 2. The maximum absolute atomic E-state index is 13.9. The Labute approximate surface area is 189 Å². The van der Waals surface area contributed by atoms with Crippen molar-refractivity contribution in [1.29, 1.82) is 0 Å². The molecule has 4 rings (SSSR count). The van der Waals surface area contributed by atoms with E-state index in [9.17, 15) is 13.2 Å². The van der Waals surface area contributed by atoms with Gasteiger partial charge in [-0.1, -0.05) is 43.7 Å². The molecule has 0 radical (unpaired) electrons. The number of aryl methyl sites for hydroxylation is 1. The number of rotatable bonds is 6. The summed E-state index contributed by atoms with van der Waals surface area (Å²) in [5.41, 5.74) is 4.20. The van der Waals surface area contributed by atoms with E-state index >= 15 is 0 Å². The van der Waals surface area contributed by atoms with Crippen LogP contribution >= 0.6 is 0 Å². The smallest absolute Gasteiger partial charge is 0.337 e. The highest BCUT2D eigenvalue weighted by atomic mass is 32.2. The average Bonchev–Trinajstić information content (AvgIpc) is 3.11. The minimum absolute atomic E-state index is 0.211. The molecule has 7 heteroatoms. The number of ether oxygens (including phenoxy) is 1. The lowest BCUT2D eigenvalue weighted by atomic mass is 9.98. The molecule has 0 N–H and O–H groups in total. The van der Waals surface area contributed by atoms with Gasteiger partial charge in [-0.05, 0) is 49.7 Å². The topological polar surface area (TPSA) is 68.6 Å². The Bertz CT molecular complexity index is 1300. The van der Waals surface area contributed by atoms with E-state index in [1.807, 2.05) is 6.92 Å². The lowest BCUT2D eigenvalue weighted by Gasteiger charge is -2.29. The molecule has 0 fully saturated rings. The van der Waals surface area contributed by atoms with Crippen LogP contribution in [0.1, 0.15) is 46.9 Å². The SMILES string of the molecule is C=C1CN(CCCC)Cc2c1c1ccc(C(=O)OC)cc1n2S(=O)(=O)c1ccc(C)cc1. The van der Waals surface area contributed by atoms with Crippen LogP contribution in [0.2, 0.25) is 0 Å². The van der Waals surface area contributed by atoms with Gasteiger partial charge >= 0.3 is 5.97 Å². The van der Waals surface area contributed by atoms with Gasteiger partial charge in [0.2, 0.25) is 0 Å². The van der Waals surface area contributed by atoms with Crippen LogP contribution in [-0.2, 0) is 21.3 Å². The summed E-state index contributed by atoms with van der Waals surface area (Å²) in [4.78, 5) is 14.6. The number of fused-ring (bicyclic) bond motifs is 3. The minimum Gasteiger partial charge on any atom is -0.465 e. The third kappa shape index (κ3) is 3.76. The number of carbonyl (C=O) groups excluding carboxylic acids is 1. The molecule has 0 spiro atoms. The maximum atomic E-state index is 13.9. The van der Waals surface area contributed by atoms with Crippen molar-refractivity contribution in [2.24, 2.45) is 0 Å². The van der Waals surface area contributed by atoms with E-state index in [-0.39, 0.29) is 4.90 Å². The molecule has 168 valence electrons. The van der Waals surface area contributed by atoms with Crippen molar-refractivity contribution < 1.29 is 17.9 Å². The van der Waals surface area contributed by atoms with Gasteiger partial charge in [-0.2, -0.15) is 0 Å². The molecule has 6 nitrogen and oxygen atoms in total. The summed E-state index contributed by atoms with van der Waals surface area (Å²) in [6.45, 7) is 10.4. The highest BCUT2D eigenvalue weighted by Crippen LogP contribution is 2.38. The summed E-state index contributed by atoms with van der Waals surface area (Å²) in [5.74, 6) is -0.506. The van der Waals surface area contributed by atoms with Crippen molar-refractivity contribution >= 4 is 32.5 Å². The van der Waals surface area contributed by atoms with Crippen LogP contribution in [0.3, 0.4) is 0 Å². The lowest BCUT2D eigenvalue weighted by Crippen LogP contribution is -2.32. The van der Waals surface area contributed by atoms with Gasteiger partial charge < -0.3 is 4.74 Å². The zero-order chi connectivity index (χ0) is 23.0. The van der Waals surface area contributed by atoms with Gasteiger partial charge in [0, 0.05) is 24.0 Å². The predicted molar refractivity (Wildman–Crippen MR) is 126 cm³/mol. The van der Waals surface area contributed by atoms with Crippen molar-refractivity contribution in [2.45, 2.75) is 38.1 Å². The molecule has 1 aromatic heterocycles. The number of unbranched alkanes of at least 4 members (excludes halogenated alkanes) is 1. The molecule has 0 amide bonds. The fourth-order valence-corrected chi connectivity index (χ4v) is 5.88. The Balaban J connectivity index is 2.00. The van der Waals surface area contributed by atoms with Crippen LogP contribution in [0.4, 0.5) is 0 Å². The summed E-state index contributed by atoms with van der Waals surface area (Å²) in [7, 11) is -2.59. The first-order valence-corrected chi connectivity index (χ1v) is 12.2. The summed E-state index contributed by atoms with van der Waals surface area (Å²) < 4.78 is 34.0. The first-order valence-electron chi connectivity index (χ1n) is 10.8. The van der Waals surface area contributed by atoms with E-state index in [2.05, 4.69) is 18.4 Å². The van der Waals surface area contributed by atoms with E-state index in [0.717, 1.165) is 41.5 Å². The summed E-state index contributed by atoms with van der Waals surface area (Å²) >= 11 is 0. The highest BCUT2D eigenvalue weighted by molar-refractivity contribution is 7.90. The van der Waals surface area contributed by atoms with Gasteiger partial charge in [0.15, 0.2) is 0 Å². The van der Waals surface area contributed by atoms with Gasteiger partial charge in [-0.3, -0.25) is 4.90 Å². The number of hydrogen-bond acceptors (Lipinski definition) is 5. The Kier molecular flexibility index (Phi) is 5.97. The Morgan fingerprint density at radius 3 is 2.50 bits per heavy atom. The molecule has 0 unspecified atom stereocenters. The number of nitrogens with zero attached hydrogens (tertiary/aromatic N) is 2. The van der Waals surface area contributed by atoms with Crippen LogP contribution in [0.25, 0.3) is 16.5 Å². The Morgan fingerprint density at radius 1 is 1.12 bits per heavy atom. The summed E-state index contributed by atoms with van der Waals surface area (Å²) in [6.07, 6.45) is 2.09. The number of hydrogen-bond donors (Lipinski definition) is 0. The molecule has 1 aliphatic rings. The summed E-state index contributed by atoms with van der Waals surface area (Å²) in [6, 6.07) is 11.9. The van der Waals surface area contributed by atoms with E-state index < -0.39 is 16.0 Å². The predicted octanol–water partition coefficient (Wildman–Crippen LogP) is 4.60. The molecular formula is C25H28N2O4S. The maximum Gasteiger partial charge on any atom is 0.337 e. The molecule has 0 saturated heterocycles. The lowest BCUT2D eigenvalue weighted by molar-refractivity contribution is 0.0601. The molecule has 0 bridgehead atoms. The van der Waals surface area contributed by atoms with Crippen molar-refractivity contribution in [3.8, 4) is 0 Å². The zero-order valence-electron chi connectivity index (χ0n) is 18.7. The van der Waals surface area contributed by atoms with Crippen LogP contribution < -0.4 is 0 Å².